The Bertz CT molecular complexity index is 1360. The van der Waals surface area contributed by atoms with Gasteiger partial charge < -0.3 is 4.57 Å². The molecular formula is C23H25Cl2N3O3S2. The van der Waals surface area contributed by atoms with Gasteiger partial charge in [-0.1, -0.05) is 53.8 Å². The summed E-state index contributed by atoms with van der Waals surface area (Å²) in [5, 5.41) is 1.09. The standard InChI is InChI=1S/C23H25Cl2N3O3S2/c1-3-28-20-18(24)13-14-19(25)21(20)32-23(28)26-22(29)15-9-11-17(12-10-15)33(30,31)27(2)16-7-5-4-6-8-16/h9-14,16H,3-8H2,1-2H3. The van der Waals surface area contributed by atoms with E-state index in [1.54, 1.807) is 19.2 Å². The van der Waals surface area contributed by atoms with Crippen molar-refractivity contribution in [2.75, 3.05) is 7.05 Å². The van der Waals surface area contributed by atoms with Crippen molar-refractivity contribution in [3.63, 3.8) is 0 Å². The largest absolute Gasteiger partial charge is 0.315 e. The molecule has 0 aliphatic heterocycles. The molecule has 2 aromatic carbocycles. The number of thiazole rings is 1. The molecule has 1 aliphatic carbocycles. The van der Waals surface area contributed by atoms with E-state index in [1.807, 2.05) is 11.5 Å². The van der Waals surface area contributed by atoms with Crippen molar-refractivity contribution in [3.8, 4) is 0 Å². The maximum Gasteiger partial charge on any atom is 0.279 e. The predicted molar refractivity (Wildman–Crippen MR) is 134 cm³/mol. The van der Waals surface area contributed by atoms with Gasteiger partial charge in [0.1, 0.15) is 0 Å². The van der Waals surface area contributed by atoms with E-state index < -0.39 is 15.9 Å². The number of amides is 1. The highest BCUT2D eigenvalue weighted by molar-refractivity contribution is 7.89. The fourth-order valence-electron chi connectivity index (χ4n) is 4.22. The number of halogens is 2. The van der Waals surface area contributed by atoms with E-state index in [0.29, 0.717) is 27.0 Å². The molecule has 1 amide bonds. The van der Waals surface area contributed by atoms with Crippen LogP contribution >= 0.6 is 34.5 Å². The Morgan fingerprint density at radius 2 is 1.73 bits per heavy atom. The number of hydrogen-bond acceptors (Lipinski definition) is 4. The number of sulfonamides is 1. The van der Waals surface area contributed by atoms with E-state index in [-0.39, 0.29) is 10.9 Å². The van der Waals surface area contributed by atoms with Crippen LogP contribution < -0.4 is 4.80 Å². The molecule has 0 unspecified atom stereocenters. The summed E-state index contributed by atoms with van der Waals surface area (Å²) in [4.78, 5) is 17.8. The van der Waals surface area contributed by atoms with Gasteiger partial charge in [-0.15, -0.1) is 0 Å². The van der Waals surface area contributed by atoms with Crippen LogP contribution in [-0.2, 0) is 16.6 Å². The van der Waals surface area contributed by atoms with Gasteiger partial charge in [0, 0.05) is 25.2 Å². The van der Waals surface area contributed by atoms with Crippen LogP contribution in [0.25, 0.3) is 10.2 Å². The Hall–Kier alpha value is -1.71. The summed E-state index contributed by atoms with van der Waals surface area (Å²) >= 11 is 14.0. The average molecular weight is 527 g/mol. The van der Waals surface area contributed by atoms with Gasteiger partial charge in [0.15, 0.2) is 4.80 Å². The molecule has 0 N–H and O–H groups in total. The second kappa shape index (κ2) is 9.88. The molecule has 0 spiro atoms. The second-order valence-electron chi connectivity index (χ2n) is 8.09. The quantitative estimate of drug-likeness (QED) is 0.427. The Morgan fingerprint density at radius 3 is 2.36 bits per heavy atom. The van der Waals surface area contributed by atoms with E-state index in [9.17, 15) is 13.2 Å². The maximum atomic E-state index is 13.0. The molecule has 10 heteroatoms. The molecule has 176 valence electrons. The molecule has 0 radical (unpaired) electrons. The highest BCUT2D eigenvalue weighted by atomic mass is 35.5. The number of carbonyl (C=O) groups is 1. The normalized spacial score (nSPS) is 16.1. The van der Waals surface area contributed by atoms with Crippen LogP contribution in [0.4, 0.5) is 0 Å². The van der Waals surface area contributed by atoms with Crippen LogP contribution in [0.1, 0.15) is 49.4 Å². The second-order valence-corrected chi connectivity index (χ2v) is 11.9. The van der Waals surface area contributed by atoms with Crippen molar-refractivity contribution in [2.45, 2.75) is 56.5 Å². The lowest BCUT2D eigenvalue weighted by atomic mass is 9.96. The lowest BCUT2D eigenvalue weighted by Gasteiger charge is -2.30. The van der Waals surface area contributed by atoms with Crippen molar-refractivity contribution in [2.24, 2.45) is 4.99 Å². The first-order valence-electron chi connectivity index (χ1n) is 10.9. The SMILES string of the molecule is CCn1c(=NC(=O)c2ccc(S(=O)(=O)N(C)C3CCCCC3)cc2)sc2c(Cl)ccc(Cl)c21. The van der Waals surface area contributed by atoms with E-state index >= 15 is 0 Å². The van der Waals surface area contributed by atoms with Crippen LogP contribution in [0.5, 0.6) is 0 Å². The fourth-order valence-corrected chi connectivity index (χ4v) is 7.34. The number of fused-ring (bicyclic) bond motifs is 1. The van der Waals surface area contributed by atoms with Gasteiger partial charge in [-0.25, -0.2) is 8.42 Å². The van der Waals surface area contributed by atoms with Crippen LogP contribution in [-0.4, -0.2) is 36.3 Å². The van der Waals surface area contributed by atoms with Gasteiger partial charge in [0.2, 0.25) is 10.0 Å². The van der Waals surface area contributed by atoms with Gasteiger partial charge >= 0.3 is 0 Å². The van der Waals surface area contributed by atoms with Gasteiger partial charge in [0.25, 0.3) is 5.91 Å². The molecule has 0 bridgehead atoms. The number of carbonyl (C=O) groups excluding carboxylic acids is 1. The topological polar surface area (TPSA) is 71.7 Å². The van der Waals surface area contributed by atoms with Crippen molar-refractivity contribution in [1.82, 2.24) is 8.87 Å². The molecule has 0 saturated heterocycles. The molecule has 3 aromatic rings. The third kappa shape index (κ3) is 4.77. The van der Waals surface area contributed by atoms with Crippen LogP contribution in [0.2, 0.25) is 10.0 Å². The first-order chi connectivity index (χ1) is 15.7. The smallest absolute Gasteiger partial charge is 0.279 e. The molecule has 1 aliphatic rings. The zero-order chi connectivity index (χ0) is 23.8. The number of hydrogen-bond donors (Lipinski definition) is 0. The molecule has 6 nitrogen and oxygen atoms in total. The van der Waals surface area contributed by atoms with E-state index in [0.717, 1.165) is 42.3 Å². The highest BCUT2D eigenvalue weighted by Crippen LogP contribution is 2.32. The minimum Gasteiger partial charge on any atom is -0.315 e. The summed E-state index contributed by atoms with van der Waals surface area (Å²) in [6.45, 7) is 2.51. The predicted octanol–water partition coefficient (Wildman–Crippen LogP) is 5.72. The number of aromatic nitrogens is 1. The van der Waals surface area contributed by atoms with Crippen LogP contribution in [0, 0.1) is 0 Å². The van der Waals surface area contributed by atoms with E-state index in [2.05, 4.69) is 4.99 Å². The lowest BCUT2D eigenvalue weighted by Crippen LogP contribution is -2.38. The van der Waals surface area contributed by atoms with E-state index in [1.165, 1.54) is 39.9 Å². The van der Waals surface area contributed by atoms with Crippen molar-refractivity contribution >= 4 is 60.7 Å². The minimum atomic E-state index is -3.62. The van der Waals surface area contributed by atoms with Crippen LogP contribution in [0.15, 0.2) is 46.3 Å². The van der Waals surface area contributed by atoms with Gasteiger partial charge in [-0.05, 0) is 56.2 Å². The van der Waals surface area contributed by atoms with Crippen LogP contribution in [0.3, 0.4) is 0 Å². The van der Waals surface area contributed by atoms with Gasteiger partial charge in [-0.3, -0.25) is 4.79 Å². The van der Waals surface area contributed by atoms with Crippen molar-refractivity contribution in [1.29, 1.82) is 0 Å². The summed E-state index contributed by atoms with van der Waals surface area (Å²) in [5.41, 5.74) is 1.06. The van der Waals surface area contributed by atoms with Gasteiger partial charge in [0.05, 0.1) is 25.2 Å². The summed E-state index contributed by atoms with van der Waals surface area (Å²) < 4.78 is 30.2. The minimum absolute atomic E-state index is 0.0242. The Morgan fingerprint density at radius 1 is 1.09 bits per heavy atom. The first-order valence-corrected chi connectivity index (χ1v) is 13.9. The summed E-state index contributed by atoms with van der Waals surface area (Å²) in [6.07, 6.45) is 5.01. The average Bonchev–Trinajstić information content (AvgIpc) is 3.21. The fraction of sp³-hybridized carbons (Fsp3) is 0.391. The summed E-state index contributed by atoms with van der Waals surface area (Å²) in [5.74, 6) is -0.458. The zero-order valence-electron chi connectivity index (χ0n) is 18.4. The number of benzene rings is 2. The van der Waals surface area contributed by atoms with Gasteiger partial charge in [-0.2, -0.15) is 9.30 Å². The molecule has 0 atom stereocenters. The molecule has 1 fully saturated rings. The Labute approximate surface area is 207 Å². The van der Waals surface area contributed by atoms with Crippen molar-refractivity contribution < 1.29 is 13.2 Å². The lowest BCUT2D eigenvalue weighted by molar-refractivity contribution is 0.0997. The van der Waals surface area contributed by atoms with E-state index in [4.69, 9.17) is 23.2 Å². The summed E-state index contributed by atoms with van der Waals surface area (Å²) in [7, 11) is -1.98. The third-order valence-electron chi connectivity index (χ3n) is 6.11. The maximum absolute atomic E-state index is 13.0. The number of aryl methyl sites for hydroxylation is 1. The summed E-state index contributed by atoms with van der Waals surface area (Å²) in [6, 6.07) is 9.44. The zero-order valence-corrected chi connectivity index (χ0v) is 21.6. The molecule has 1 heterocycles. The number of rotatable bonds is 5. The monoisotopic (exact) mass is 525 g/mol. The molecule has 1 aromatic heterocycles. The molecular weight excluding hydrogens is 501 g/mol. The Balaban J connectivity index is 1.64. The Kier molecular flexibility index (Phi) is 7.31. The third-order valence-corrected chi connectivity index (χ3v) is 9.88. The van der Waals surface area contributed by atoms with Crippen molar-refractivity contribution in [3.05, 3.63) is 56.8 Å². The highest BCUT2D eigenvalue weighted by Gasteiger charge is 2.29. The first kappa shape index (κ1) is 24.4. The molecule has 1 saturated carbocycles. The molecule has 33 heavy (non-hydrogen) atoms. The molecule has 4 rings (SSSR count). The number of nitrogens with zero attached hydrogens (tertiary/aromatic N) is 3.